The summed E-state index contributed by atoms with van der Waals surface area (Å²) in [6.07, 6.45) is 0. The fraction of sp³-hybridized carbons (Fsp3) is 0.222. The molecule has 64 valence electrons. The highest BCUT2D eigenvalue weighted by Crippen LogP contribution is 2.15. The molecule has 12 heavy (non-hydrogen) atoms. The van der Waals surface area contributed by atoms with Crippen molar-refractivity contribution >= 4 is 26.4 Å². The van der Waals surface area contributed by atoms with Gasteiger partial charge in [-0.3, -0.25) is 4.79 Å². The van der Waals surface area contributed by atoms with Crippen LogP contribution in [0.15, 0.2) is 24.3 Å². The first-order chi connectivity index (χ1) is 5.61. The Labute approximate surface area is 80.3 Å². The fourth-order valence-electron chi connectivity index (χ4n) is 0.938. The Kier molecular flexibility index (Phi) is 2.87. The molecule has 1 aromatic rings. The monoisotopic (exact) mass is 227 g/mol. The van der Waals surface area contributed by atoms with E-state index in [-0.39, 0.29) is 4.82 Å². The molecule has 0 radical (unpaired) electrons. The van der Waals surface area contributed by atoms with Gasteiger partial charge in [0.25, 0.3) is 4.82 Å². The zero-order valence-corrected chi connectivity index (χ0v) is 8.63. The van der Waals surface area contributed by atoms with Crippen molar-refractivity contribution in [1.82, 2.24) is 0 Å². The molecule has 0 aliphatic carbocycles. The van der Waals surface area contributed by atoms with Gasteiger partial charge < -0.3 is 4.90 Å². The van der Waals surface area contributed by atoms with E-state index in [1.165, 1.54) is 0 Å². The maximum Gasteiger partial charge on any atom is 0.293 e. The van der Waals surface area contributed by atoms with Gasteiger partial charge in [0.2, 0.25) is 0 Å². The number of carbonyl (C=O) groups excluding carboxylic acids is 1. The van der Waals surface area contributed by atoms with Crippen LogP contribution < -0.4 is 4.90 Å². The van der Waals surface area contributed by atoms with Gasteiger partial charge in [-0.1, -0.05) is 12.1 Å². The number of carbonyl (C=O) groups is 1. The number of halogens is 1. The van der Waals surface area contributed by atoms with Gasteiger partial charge in [0.15, 0.2) is 0 Å². The van der Waals surface area contributed by atoms with Crippen LogP contribution >= 0.6 is 15.9 Å². The van der Waals surface area contributed by atoms with Gasteiger partial charge in [-0.2, -0.15) is 0 Å². The lowest BCUT2D eigenvalue weighted by Gasteiger charge is -2.13. The Bertz CT molecular complexity index is 298. The highest BCUT2D eigenvalue weighted by atomic mass is 79.9. The van der Waals surface area contributed by atoms with E-state index < -0.39 is 0 Å². The van der Waals surface area contributed by atoms with Crippen molar-refractivity contribution in [2.75, 3.05) is 11.9 Å². The summed E-state index contributed by atoms with van der Waals surface area (Å²) in [4.78, 5) is 12.3. The van der Waals surface area contributed by atoms with E-state index in [2.05, 4.69) is 15.9 Å². The summed E-state index contributed by atoms with van der Waals surface area (Å²) in [7, 11) is 1.73. The number of benzene rings is 1. The molecule has 0 heterocycles. The SMILES string of the molecule is Cc1cccc(N(C)C(=O)Br)c1. The molecule has 2 nitrogen and oxygen atoms in total. The molecule has 0 aromatic heterocycles. The highest BCUT2D eigenvalue weighted by molar-refractivity contribution is 9.18. The summed E-state index contributed by atoms with van der Waals surface area (Å²) < 4.78 is 0. The van der Waals surface area contributed by atoms with Crippen LogP contribution in [0.25, 0.3) is 0 Å². The zero-order valence-electron chi connectivity index (χ0n) is 7.04. The predicted octanol–water partition coefficient (Wildman–Crippen LogP) is 2.95. The van der Waals surface area contributed by atoms with Crippen molar-refractivity contribution in [3.8, 4) is 0 Å². The van der Waals surface area contributed by atoms with Crippen molar-refractivity contribution in [2.24, 2.45) is 0 Å². The smallest absolute Gasteiger partial charge is 0.293 e. The molecule has 0 N–H and O–H groups in total. The summed E-state index contributed by atoms with van der Waals surface area (Å²) in [5, 5.41) is 0. The van der Waals surface area contributed by atoms with Crippen LogP contribution in [0.1, 0.15) is 5.56 Å². The van der Waals surface area contributed by atoms with Crippen molar-refractivity contribution < 1.29 is 4.79 Å². The fourth-order valence-corrected chi connectivity index (χ4v) is 1.14. The topological polar surface area (TPSA) is 20.3 Å². The molecule has 1 rings (SSSR count). The van der Waals surface area contributed by atoms with Crippen LogP contribution in [-0.4, -0.2) is 11.9 Å². The van der Waals surface area contributed by atoms with Gasteiger partial charge in [0.1, 0.15) is 0 Å². The Balaban J connectivity index is 2.95. The van der Waals surface area contributed by atoms with E-state index in [0.717, 1.165) is 11.3 Å². The van der Waals surface area contributed by atoms with Gasteiger partial charge in [0, 0.05) is 28.7 Å². The largest absolute Gasteiger partial charge is 0.306 e. The molecule has 0 fully saturated rings. The Morgan fingerprint density at radius 3 is 2.67 bits per heavy atom. The second-order valence-electron chi connectivity index (χ2n) is 2.65. The first-order valence-electron chi connectivity index (χ1n) is 3.61. The number of nitrogens with zero attached hydrogens (tertiary/aromatic N) is 1. The normalized spacial score (nSPS) is 9.58. The first-order valence-corrected chi connectivity index (χ1v) is 4.40. The maximum atomic E-state index is 10.9. The number of amides is 1. The van der Waals surface area contributed by atoms with Crippen molar-refractivity contribution in [3.05, 3.63) is 29.8 Å². The van der Waals surface area contributed by atoms with Crippen LogP contribution in [-0.2, 0) is 0 Å². The molecular weight excluding hydrogens is 218 g/mol. The van der Waals surface area contributed by atoms with E-state index in [4.69, 9.17) is 0 Å². The van der Waals surface area contributed by atoms with Gasteiger partial charge in [-0.05, 0) is 24.6 Å². The Morgan fingerprint density at radius 2 is 2.17 bits per heavy atom. The number of aryl methyl sites for hydroxylation is 1. The van der Waals surface area contributed by atoms with Gasteiger partial charge in [-0.25, -0.2) is 0 Å². The quantitative estimate of drug-likeness (QED) is 0.534. The average Bonchev–Trinajstić information content (AvgIpc) is 2.03. The third-order valence-corrected chi connectivity index (χ3v) is 2.18. The second kappa shape index (κ2) is 3.72. The molecule has 0 saturated heterocycles. The maximum absolute atomic E-state index is 10.9. The van der Waals surface area contributed by atoms with Gasteiger partial charge in [-0.15, -0.1) is 0 Å². The standard InChI is InChI=1S/C9H10BrNO/c1-7-4-3-5-8(6-7)11(2)9(10)12/h3-6H,1-2H3. The minimum absolute atomic E-state index is 0.131. The predicted molar refractivity (Wildman–Crippen MR) is 53.9 cm³/mol. The first kappa shape index (κ1) is 9.26. The zero-order chi connectivity index (χ0) is 9.14. The lowest BCUT2D eigenvalue weighted by atomic mass is 10.2. The summed E-state index contributed by atoms with van der Waals surface area (Å²) in [5.74, 6) is 0. The Hall–Kier alpha value is -0.830. The van der Waals surface area contributed by atoms with E-state index in [0.29, 0.717) is 0 Å². The third-order valence-electron chi connectivity index (χ3n) is 1.65. The summed E-state index contributed by atoms with van der Waals surface area (Å²) in [6, 6.07) is 7.78. The molecule has 1 amide bonds. The van der Waals surface area contributed by atoms with Gasteiger partial charge >= 0.3 is 0 Å². The minimum Gasteiger partial charge on any atom is -0.306 e. The number of anilines is 1. The Morgan fingerprint density at radius 1 is 1.50 bits per heavy atom. The van der Waals surface area contributed by atoms with Crippen LogP contribution in [0, 0.1) is 6.92 Å². The molecule has 0 spiro atoms. The summed E-state index contributed by atoms with van der Waals surface area (Å²) in [5.41, 5.74) is 2.05. The van der Waals surface area contributed by atoms with Crippen molar-refractivity contribution in [1.29, 1.82) is 0 Å². The van der Waals surface area contributed by atoms with E-state index in [1.807, 2.05) is 31.2 Å². The van der Waals surface area contributed by atoms with Crippen molar-refractivity contribution in [3.63, 3.8) is 0 Å². The molecule has 0 atom stereocenters. The second-order valence-corrected chi connectivity index (χ2v) is 3.33. The van der Waals surface area contributed by atoms with Crippen LogP contribution in [0.3, 0.4) is 0 Å². The summed E-state index contributed by atoms with van der Waals surface area (Å²) >= 11 is 2.89. The lowest BCUT2D eigenvalue weighted by Crippen LogP contribution is -2.18. The molecule has 0 aliphatic rings. The van der Waals surface area contributed by atoms with E-state index >= 15 is 0 Å². The molecule has 1 aromatic carbocycles. The molecule has 3 heteroatoms. The summed E-state index contributed by atoms with van der Waals surface area (Å²) in [6.45, 7) is 2.00. The molecule has 0 saturated carbocycles. The highest BCUT2D eigenvalue weighted by Gasteiger charge is 2.05. The minimum atomic E-state index is -0.131. The molecule has 0 bridgehead atoms. The lowest BCUT2D eigenvalue weighted by molar-refractivity contribution is 0.267. The van der Waals surface area contributed by atoms with Crippen LogP contribution in [0.4, 0.5) is 10.5 Å². The van der Waals surface area contributed by atoms with Crippen molar-refractivity contribution in [2.45, 2.75) is 6.92 Å². The number of hydrogen-bond donors (Lipinski definition) is 0. The van der Waals surface area contributed by atoms with E-state index in [9.17, 15) is 4.79 Å². The molecule has 0 aliphatic heterocycles. The van der Waals surface area contributed by atoms with Gasteiger partial charge in [0.05, 0.1) is 0 Å². The number of hydrogen-bond acceptors (Lipinski definition) is 1. The van der Waals surface area contributed by atoms with E-state index in [1.54, 1.807) is 11.9 Å². The average molecular weight is 228 g/mol. The van der Waals surface area contributed by atoms with Crippen LogP contribution in [0.2, 0.25) is 0 Å². The molecular formula is C9H10BrNO. The molecule has 0 unspecified atom stereocenters. The number of rotatable bonds is 1. The van der Waals surface area contributed by atoms with Crippen LogP contribution in [0.5, 0.6) is 0 Å². The third kappa shape index (κ3) is 2.08.